The Morgan fingerprint density at radius 3 is 2.52 bits per heavy atom. The lowest BCUT2D eigenvalue weighted by molar-refractivity contribution is -0.120. The molecule has 0 saturated heterocycles. The summed E-state index contributed by atoms with van der Waals surface area (Å²) in [6.07, 6.45) is 3.54. The second-order valence-electron chi connectivity index (χ2n) is 6.94. The zero-order chi connectivity index (χ0) is 21.6. The minimum atomic E-state index is -0.145. The van der Waals surface area contributed by atoms with Gasteiger partial charge in [-0.1, -0.05) is 22.4 Å². The number of hydrogen-bond acceptors (Lipinski definition) is 8. The highest BCUT2D eigenvalue weighted by Gasteiger charge is 2.11. The van der Waals surface area contributed by atoms with Gasteiger partial charge in [-0.15, -0.1) is 0 Å². The van der Waals surface area contributed by atoms with Gasteiger partial charge < -0.3 is 19.1 Å². The Bertz CT molecular complexity index is 1130. The predicted octanol–water partition coefficient (Wildman–Crippen LogP) is 3.17. The van der Waals surface area contributed by atoms with E-state index in [-0.39, 0.29) is 18.9 Å². The molecule has 0 bridgehead atoms. The molecule has 9 heteroatoms. The van der Waals surface area contributed by atoms with Crippen LogP contribution in [0.25, 0.3) is 11.4 Å². The number of aromatic nitrogens is 4. The number of aryl methyl sites for hydroxylation is 2. The molecule has 0 radical (unpaired) electrons. The molecule has 4 rings (SSSR count). The number of carbonyl (C=O) groups is 1. The molecule has 0 atom stereocenters. The number of nitrogens with zero attached hydrogens (tertiary/aromatic N) is 4. The molecule has 0 aliphatic rings. The first-order valence-electron chi connectivity index (χ1n) is 9.71. The Hall–Kier alpha value is -4.01. The average molecular weight is 419 g/mol. The first-order valence-corrected chi connectivity index (χ1v) is 9.71. The lowest BCUT2D eigenvalue weighted by Crippen LogP contribution is -2.24. The van der Waals surface area contributed by atoms with Crippen molar-refractivity contribution < 1.29 is 18.6 Å². The smallest absolute Gasteiger partial charge is 0.246 e. The van der Waals surface area contributed by atoms with Crippen molar-refractivity contribution in [2.45, 2.75) is 33.4 Å². The Morgan fingerprint density at radius 2 is 1.81 bits per heavy atom. The maximum atomic E-state index is 12.2. The number of nitrogens with one attached hydrogen (secondary N) is 1. The van der Waals surface area contributed by atoms with E-state index in [2.05, 4.69) is 25.6 Å². The quantitative estimate of drug-likeness (QED) is 0.463. The number of benzene rings is 1. The largest absolute Gasteiger partial charge is 0.489 e. The molecule has 0 aliphatic carbocycles. The molecule has 1 amide bonds. The Kier molecular flexibility index (Phi) is 6.02. The fourth-order valence-electron chi connectivity index (χ4n) is 2.93. The van der Waals surface area contributed by atoms with Crippen molar-refractivity contribution in [2.24, 2.45) is 0 Å². The molecule has 1 N–H and O–H groups in total. The zero-order valence-electron chi connectivity index (χ0n) is 17.2. The topological polar surface area (TPSA) is 116 Å². The summed E-state index contributed by atoms with van der Waals surface area (Å²) in [5.41, 5.74) is 3.43. The van der Waals surface area contributed by atoms with Crippen molar-refractivity contribution in [2.75, 3.05) is 0 Å². The minimum Gasteiger partial charge on any atom is -0.489 e. The Morgan fingerprint density at radius 1 is 1.03 bits per heavy atom. The maximum absolute atomic E-state index is 12.2. The van der Waals surface area contributed by atoms with Crippen LogP contribution in [0.1, 0.15) is 28.5 Å². The molecule has 158 valence electrons. The van der Waals surface area contributed by atoms with Gasteiger partial charge in [0, 0.05) is 18.0 Å². The van der Waals surface area contributed by atoms with Crippen LogP contribution in [0.3, 0.4) is 0 Å². The van der Waals surface area contributed by atoms with Crippen molar-refractivity contribution in [3.05, 3.63) is 77.3 Å². The molecule has 0 fully saturated rings. The molecule has 3 aromatic heterocycles. The second-order valence-corrected chi connectivity index (χ2v) is 6.94. The van der Waals surface area contributed by atoms with Crippen LogP contribution in [-0.2, 0) is 24.4 Å². The van der Waals surface area contributed by atoms with E-state index in [0.717, 1.165) is 28.1 Å². The van der Waals surface area contributed by atoms with Crippen LogP contribution in [0, 0.1) is 13.8 Å². The van der Waals surface area contributed by atoms with Crippen LogP contribution in [0.5, 0.6) is 5.75 Å². The highest BCUT2D eigenvalue weighted by molar-refractivity contribution is 5.78. The lowest BCUT2D eigenvalue weighted by Gasteiger charge is -2.07. The van der Waals surface area contributed by atoms with E-state index in [1.54, 1.807) is 24.5 Å². The van der Waals surface area contributed by atoms with Gasteiger partial charge in [0.05, 0.1) is 24.2 Å². The molecule has 0 spiro atoms. The number of ether oxygens (including phenoxy) is 1. The average Bonchev–Trinajstić information content (AvgIpc) is 3.39. The fourth-order valence-corrected chi connectivity index (χ4v) is 2.93. The van der Waals surface area contributed by atoms with Gasteiger partial charge in [0.2, 0.25) is 17.6 Å². The van der Waals surface area contributed by atoms with E-state index in [0.29, 0.717) is 24.1 Å². The first-order chi connectivity index (χ1) is 15.1. The van der Waals surface area contributed by atoms with E-state index in [1.165, 1.54) is 0 Å². The van der Waals surface area contributed by atoms with E-state index in [9.17, 15) is 4.79 Å². The molecule has 4 aromatic rings. The van der Waals surface area contributed by atoms with Gasteiger partial charge in [0.1, 0.15) is 18.1 Å². The summed E-state index contributed by atoms with van der Waals surface area (Å²) in [7, 11) is 0. The van der Waals surface area contributed by atoms with Gasteiger partial charge in [-0.3, -0.25) is 9.78 Å². The van der Waals surface area contributed by atoms with Crippen molar-refractivity contribution in [1.29, 1.82) is 0 Å². The molecular formula is C22H21N5O4. The lowest BCUT2D eigenvalue weighted by atomic mass is 10.1. The summed E-state index contributed by atoms with van der Waals surface area (Å²) < 4.78 is 16.1. The maximum Gasteiger partial charge on any atom is 0.246 e. The van der Waals surface area contributed by atoms with Crippen molar-refractivity contribution in [3.63, 3.8) is 0 Å². The van der Waals surface area contributed by atoms with Gasteiger partial charge in [-0.25, -0.2) is 0 Å². The summed E-state index contributed by atoms with van der Waals surface area (Å²) in [4.78, 5) is 20.5. The van der Waals surface area contributed by atoms with E-state index >= 15 is 0 Å². The number of rotatable bonds is 8. The van der Waals surface area contributed by atoms with E-state index in [1.807, 2.05) is 38.1 Å². The molecule has 0 aliphatic heterocycles. The summed E-state index contributed by atoms with van der Waals surface area (Å²) >= 11 is 0. The number of hydrogen-bond donors (Lipinski definition) is 1. The van der Waals surface area contributed by atoms with Crippen LogP contribution in [0.15, 0.2) is 57.8 Å². The van der Waals surface area contributed by atoms with E-state index < -0.39 is 0 Å². The van der Waals surface area contributed by atoms with Crippen LogP contribution in [0.2, 0.25) is 0 Å². The minimum absolute atomic E-state index is 0.145. The number of pyridine rings is 1. The third-order valence-electron chi connectivity index (χ3n) is 4.70. The van der Waals surface area contributed by atoms with Gasteiger partial charge >= 0.3 is 0 Å². The monoisotopic (exact) mass is 419 g/mol. The van der Waals surface area contributed by atoms with Gasteiger partial charge in [-0.05, 0) is 43.7 Å². The molecule has 0 unspecified atom stereocenters. The first kappa shape index (κ1) is 20.3. The highest BCUT2D eigenvalue weighted by Crippen LogP contribution is 2.18. The van der Waals surface area contributed by atoms with E-state index in [4.69, 9.17) is 13.8 Å². The van der Waals surface area contributed by atoms with Crippen molar-refractivity contribution >= 4 is 5.91 Å². The SMILES string of the molecule is Cc1noc(C)c1COc1ccc(CC(=O)NCc2nc(-c3ccncc3)no2)cc1. The van der Waals surface area contributed by atoms with Crippen LogP contribution >= 0.6 is 0 Å². The van der Waals surface area contributed by atoms with Crippen LogP contribution in [-0.4, -0.2) is 26.2 Å². The van der Waals surface area contributed by atoms with Crippen molar-refractivity contribution in [3.8, 4) is 17.1 Å². The molecule has 31 heavy (non-hydrogen) atoms. The normalized spacial score (nSPS) is 10.8. The third kappa shape index (κ3) is 5.13. The molecule has 1 aromatic carbocycles. The molecular weight excluding hydrogens is 398 g/mol. The summed E-state index contributed by atoms with van der Waals surface area (Å²) in [5, 5.41) is 10.6. The Labute approximate surface area is 178 Å². The molecule has 9 nitrogen and oxygen atoms in total. The van der Waals surface area contributed by atoms with Gasteiger partial charge in [-0.2, -0.15) is 4.98 Å². The summed E-state index contributed by atoms with van der Waals surface area (Å²) in [5.74, 6) is 2.11. The van der Waals surface area contributed by atoms with Crippen LogP contribution in [0.4, 0.5) is 0 Å². The summed E-state index contributed by atoms with van der Waals surface area (Å²) in [6, 6.07) is 11.0. The predicted molar refractivity (Wildman–Crippen MR) is 110 cm³/mol. The zero-order valence-corrected chi connectivity index (χ0v) is 17.2. The van der Waals surface area contributed by atoms with Crippen molar-refractivity contribution in [1.82, 2.24) is 25.6 Å². The molecule has 3 heterocycles. The highest BCUT2D eigenvalue weighted by atomic mass is 16.5. The number of amides is 1. The fraction of sp³-hybridized carbons (Fsp3) is 0.227. The van der Waals surface area contributed by atoms with Gasteiger partial charge in [0.25, 0.3) is 0 Å². The second kappa shape index (κ2) is 9.21. The standard InChI is InChI=1S/C22H21N5O4/c1-14-19(15(2)30-26-14)13-29-18-5-3-16(4-6-18)11-20(28)24-12-21-25-22(27-31-21)17-7-9-23-10-8-17/h3-10H,11-13H2,1-2H3,(H,24,28). The number of carbonyl (C=O) groups excluding carboxylic acids is 1. The molecule has 0 saturated carbocycles. The summed E-state index contributed by atoms with van der Waals surface area (Å²) in [6.45, 7) is 4.28. The van der Waals surface area contributed by atoms with Gasteiger partial charge in [0.15, 0.2) is 0 Å². The van der Waals surface area contributed by atoms with Crippen LogP contribution < -0.4 is 10.1 Å². The Balaban J connectivity index is 1.26. The third-order valence-corrected chi connectivity index (χ3v) is 4.70.